The second kappa shape index (κ2) is 3.90. The van der Waals surface area contributed by atoms with E-state index in [1.165, 1.54) is 7.05 Å². The number of halogens is 2. The summed E-state index contributed by atoms with van der Waals surface area (Å²) in [6.45, 7) is 0.695. The second-order valence-corrected chi connectivity index (χ2v) is 4.10. The highest BCUT2D eigenvalue weighted by Gasteiger charge is 2.40. The van der Waals surface area contributed by atoms with Gasteiger partial charge in [-0.3, -0.25) is 0 Å². The van der Waals surface area contributed by atoms with Crippen molar-refractivity contribution in [1.82, 2.24) is 4.90 Å². The molecule has 1 aromatic rings. The van der Waals surface area contributed by atoms with E-state index in [9.17, 15) is 8.78 Å². The summed E-state index contributed by atoms with van der Waals surface area (Å²) in [6.07, 6.45) is 0. The molecule has 2 N–H and O–H groups in total. The lowest BCUT2D eigenvalue weighted by Crippen LogP contribution is -2.56. The van der Waals surface area contributed by atoms with Crippen LogP contribution in [0, 0.1) is 0 Å². The Kier molecular flexibility index (Phi) is 2.71. The van der Waals surface area contributed by atoms with Gasteiger partial charge < -0.3 is 10.6 Å². The Hall–Kier alpha value is -1.36. The van der Waals surface area contributed by atoms with Crippen LogP contribution >= 0.6 is 0 Å². The molecule has 5 heteroatoms. The predicted octanol–water partition coefficient (Wildman–Crippen LogP) is 1.61. The first-order valence-corrected chi connectivity index (χ1v) is 5.18. The van der Waals surface area contributed by atoms with Gasteiger partial charge in [0.05, 0.1) is 6.54 Å². The molecule has 0 bridgehead atoms. The summed E-state index contributed by atoms with van der Waals surface area (Å²) < 4.78 is 26.9. The van der Waals surface area contributed by atoms with Gasteiger partial charge in [0.2, 0.25) is 0 Å². The molecule has 1 aromatic carbocycles. The Balaban J connectivity index is 2.14. The van der Waals surface area contributed by atoms with Crippen LogP contribution in [-0.2, 0) is 0 Å². The molecular weight excluding hydrogens is 212 g/mol. The van der Waals surface area contributed by atoms with Gasteiger partial charge in [-0.25, -0.2) is 4.90 Å². The number of nitrogen functional groups attached to an aromatic ring is 1. The SMILES string of the molecule is CN1CCN(c2ccc(N)cc2)CC1(F)F. The molecule has 0 spiro atoms. The zero-order valence-corrected chi connectivity index (χ0v) is 9.16. The van der Waals surface area contributed by atoms with E-state index in [4.69, 9.17) is 5.73 Å². The summed E-state index contributed by atoms with van der Waals surface area (Å²) in [5.74, 6) is 0. The summed E-state index contributed by atoms with van der Waals surface area (Å²) in [6, 6.07) is 4.24. The highest BCUT2D eigenvalue weighted by Crippen LogP contribution is 2.27. The third-order valence-electron chi connectivity index (χ3n) is 2.90. The number of alkyl halides is 2. The van der Waals surface area contributed by atoms with Gasteiger partial charge in [0.25, 0.3) is 0 Å². The smallest absolute Gasteiger partial charge is 0.321 e. The van der Waals surface area contributed by atoms with Crippen molar-refractivity contribution in [3.8, 4) is 0 Å². The summed E-state index contributed by atoms with van der Waals surface area (Å²) in [4.78, 5) is 2.76. The monoisotopic (exact) mass is 227 g/mol. The first-order chi connectivity index (χ1) is 7.49. The fourth-order valence-corrected chi connectivity index (χ4v) is 1.77. The van der Waals surface area contributed by atoms with E-state index < -0.39 is 6.05 Å². The van der Waals surface area contributed by atoms with E-state index in [2.05, 4.69) is 0 Å². The molecule has 0 unspecified atom stereocenters. The lowest BCUT2D eigenvalue weighted by Gasteiger charge is -2.40. The number of hydrogen-bond acceptors (Lipinski definition) is 3. The van der Waals surface area contributed by atoms with Crippen molar-refractivity contribution in [1.29, 1.82) is 0 Å². The summed E-state index contributed by atoms with van der Waals surface area (Å²) in [5.41, 5.74) is 6.99. The third kappa shape index (κ3) is 2.09. The van der Waals surface area contributed by atoms with E-state index in [0.29, 0.717) is 18.8 Å². The van der Waals surface area contributed by atoms with Crippen LogP contribution in [-0.4, -0.2) is 37.6 Å². The molecule has 0 aliphatic carbocycles. The number of piperazine rings is 1. The molecule has 0 aromatic heterocycles. The van der Waals surface area contributed by atoms with E-state index in [1.54, 1.807) is 29.2 Å². The lowest BCUT2D eigenvalue weighted by atomic mass is 10.2. The van der Waals surface area contributed by atoms with Gasteiger partial charge in [-0.05, 0) is 31.3 Å². The van der Waals surface area contributed by atoms with Gasteiger partial charge >= 0.3 is 6.05 Å². The average molecular weight is 227 g/mol. The van der Waals surface area contributed by atoms with E-state index in [1.807, 2.05) is 0 Å². The number of likely N-dealkylation sites (N-methyl/N-ethyl adjacent to an activating group) is 1. The Morgan fingerprint density at radius 1 is 1.19 bits per heavy atom. The van der Waals surface area contributed by atoms with Crippen LogP contribution in [0.1, 0.15) is 0 Å². The van der Waals surface area contributed by atoms with Gasteiger partial charge in [-0.15, -0.1) is 0 Å². The number of hydrogen-bond donors (Lipinski definition) is 1. The Bertz CT molecular complexity index is 364. The normalized spacial score (nSPS) is 21.1. The summed E-state index contributed by atoms with van der Waals surface area (Å²) in [7, 11) is 1.44. The van der Waals surface area contributed by atoms with Crippen molar-refractivity contribution in [3.63, 3.8) is 0 Å². The molecule has 0 saturated carbocycles. The van der Waals surface area contributed by atoms with Crippen LogP contribution in [0.15, 0.2) is 24.3 Å². The fraction of sp³-hybridized carbons (Fsp3) is 0.455. The summed E-state index contributed by atoms with van der Waals surface area (Å²) >= 11 is 0. The van der Waals surface area contributed by atoms with E-state index >= 15 is 0 Å². The maximum Gasteiger partial charge on any atom is 0.321 e. The number of rotatable bonds is 1. The van der Waals surface area contributed by atoms with Crippen LogP contribution in [0.3, 0.4) is 0 Å². The Morgan fingerprint density at radius 2 is 1.81 bits per heavy atom. The highest BCUT2D eigenvalue weighted by molar-refractivity contribution is 5.53. The van der Waals surface area contributed by atoms with Gasteiger partial charge in [0.15, 0.2) is 0 Å². The zero-order valence-electron chi connectivity index (χ0n) is 9.16. The minimum absolute atomic E-state index is 0.270. The quantitative estimate of drug-likeness (QED) is 0.584. The first kappa shape index (κ1) is 11.1. The molecule has 3 nitrogen and oxygen atoms in total. The topological polar surface area (TPSA) is 32.5 Å². The summed E-state index contributed by atoms with van der Waals surface area (Å²) in [5, 5.41) is 0. The molecule has 0 radical (unpaired) electrons. The van der Waals surface area contributed by atoms with Crippen LogP contribution in [0.4, 0.5) is 20.2 Å². The third-order valence-corrected chi connectivity index (χ3v) is 2.90. The average Bonchev–Trinajstić information content (AvgIpc) is 2.23. The molecule has 0 atom stereocenters. The molecule has 88 valence electrons. The van der Waals surface area contributed by atoms with Gasteiger partial charge in [0, 0.05) is 24.5 Å². The fourth-order valence-electron chi connectivity index (χ4n) is 1.77. The molecule has 2 rings (SSSR count). The zero-order chi connectivity index (χ0) is 11.8. The maximum atomic E-state index is 13.5. The van der Waals surface area contributed by atoms with Crippen molar-refractivity contribution in [2.45, 2.75) is 6.05 Å². The minimum atomic E-state index is -2.76. The van der Waals surface area contributed by atoms with Crippen molar-refractivity contribution in [3.05, 3.63) is 24.3 Å². The number of anilines is 2. The molecule has 1 aliphatic heterocycles. The van der Waals surface area contributed by atoms with Crippen molar-refractivity contribution >= 4 is 11.4 Å². The van der Waals surface area contributed by atoms with E-state index in [0.717, 1.165) is 10.6 Å². The Labute approximate surface area is 93.4 Å². The van der Waals surface area contributed by atoms with Gasteiger partial charge in [-0.1, -0.05) is 0 Å². The molecule has 1 heterocycles. The molecule has 1 saturated heterocycles. The maximum absolute atomic E-state index is 13.5. The number of nitrogens with two attached hydrogens (primary N) is 1. The molecule has 0 amide bonds. The van der Waals surface area contributed by atoms with Gasteiger partial charge in [-0.2, -0.15) is 8.78 Å². The number of nitrogens with zero attached hydrogens (tertiary/aromatic N) is 2. The lowest BCUT2D eigenvalue weighted by molar-refractivity contribution is -0.136. The standard InChI is InChI=1S/C11H15F2N3/c1-15-6-7-16(8-11(15,12)13)10-4-2-9(14)3-5-10/h2-5H,6-8,14H2,1H3. The molecule has 1 fully saturated rings. The Morgan fingerprint density at radius 3 is 2.38 bits per heavy atom. The first-order valence-electron chi connectivity index (χ1n) is 5.18. The second-order valence-electron chi connectivity index (χ2n) is 4.10. The van der Waals surface area contributed by atoms with Gasteiger partial charge in [0.1, 0.15) is 0 Å². The van der Waals surface area contributed by atoms with Crippen LogP contribution < -0.4 is 10.6 Å². The number of benzene rings is 1. The largest absolute Gasteiger partial charge is 0.399 e. The van der Waals surface area contributed by atoms with Crippen molar-refractivity contribution < 1.29 is 8.78 Å². The van der Waals surface area contributed by atoms with Crippen molar-refractivity contribution in [2.75, 3.05) is 37.3 Å². The predicted molar refractivity (Wildman–Crippen MR) is 60.6 cm³/mol. The van der Waals surface area contributed by atoms with Crippen molar-refractivity contribution in [2.24, 2.45) is 0 Å². The van der Waals surface area contributed by atoms with Crippen LogP contribution in [0.2, 0.25) is 0 Å². The highest BCUT2D eigenvalue weighted by atomic mass is 19.3. The minimum Gasteiger partial charge on any atom is -0.399 e. The van der Waals surface area contributed by atoms with Crippen LogP contribution in [0.25, 0.3) is 0 Å². The van der Waals surface area contributed by atoms with E-state index in [-0.39, 0.29) is 6.54 Å². The molecule has 1 aliphatic rings. The molecule has 16 heavy (non-hydrogen) atoms. The van der Waals surface area contributed by atoms with Crippen LogP contribution in [0.5, 0.6) is 0 Å². The molecular formula is C11H15F2N3.